The van der Waals surface area contributed by atoms with Crippen molar-refractivity contribution in [1.82, 2.24) is 19.8 Å². The van der Waals surface area contributed by atoms with Gasteiger partial charge in [0.15, 0.2) is 0 Å². The summed E-state index contributed by atoms with van der Waals surface area (Å²) in [5.41, 5.74) is 2.57. The summed E-state index contributed by atoms with van der Waals surface area (Å²) in [6, 6.07) is 7.47. The topological polar surface area (TPSA) is 50.7 Å². The molecule has 1 unspecified atom stereocenters. The van der Waals surface area contributed by atoms with Crippen LogP contribution in [0.4, 0.5) is 13.2 Å². The molecule has 0 aliphatic carbocycles. The second kappa shape index (κ2) is 13.7. The second-order valence-electron chi connectivity index (χ2n) is 11.0. The van der Waals surface area contributed by atoms with E-state index < -0.39 is 18.7 Å². The molecule has 38 heavy (non-hydrogen) atoms. The molecule has 0 N–H and O–H groups in total. The van der Waals surface area contributed by atoms with E-state index in [-0.39, 0.29) is 11.8 Å². The van der Waals surface area contributed by atoms with Crippen LogP contribution in [-0.4, -0.2) is 73.7 Å². The molecule has 1 fully saturated rings. The van der Waals surface area contributed by atoms with Crippen molar-refractivity contribution >= 4 is 0 Å². The van der Waals surface area contributed by atoms with Crippen LogP contribution in [0.3, 0.4) is 0 Å². The van der Waals surface area contributed by atoms with Crippen LogP contribution in [-0.2, 0) is 23.5 Å². The molecule has 212 valence electrons. The zero-order chi connectivity index (χ0) is 27.9. The lowest BCUT2D eigenvalue weighted by molar-refractivity contribution is -0.0124. The molecule has 9 heteroatoms. The molecule has 1 saturated heterocycles. The van der Waals surface area contributed by atoms with Crippen molar-refractivity contribution < 1.29 is 22.6 Å². The van der Waals surface area contributed by atoms with Gasteiger partial charge in [0.2, 0.25) is 0 Å². The molecular weight excluding hydrogens is 493 g/mol. The van der Waals surface area contributed by atoms with Gasteiger partial charge in [0, 0.05) is 56.1 Å². The zero-order valence-corrected chi connectivity index (χ0v) is 23.6. The van der Waals surface area contributed by atoms with E-state index in [1.54, 1.807) is 6.07 Å². The van der Waals surface area contributed by atoms with E-state index in [1.165, 1.54) is 0 Å². The van der Waals surface area contributed by atoms with Crippen LogP contribution in [0.2, 0.25) is 0 Å². The van der Waals surface area contributed by atoms with Gasteiger partial charge in [0.25, 0.3) is 6.43 Å². The summed E-state index contributed by atoms with van der Waals surface area (Å²) in [7, 11) is 5.84. The van der Waals surface area contributed by atoms with Crippen molar-refractivity contribution in [3.05, 3.63) is 52.6 Å². The van der Waals surface area contributed by atoms with Gasteiger partial charge < -0.3 is 19.3 Å². The molecular formula is C29H43F3N4O2. The first-order chi connectivity index (χ1) is 18.0. The van der Waals surface area contributed by atoms with Crippen molar-refractivity contribution in [1.29, 1.82) is 0 Å². The molecule has 0 radical (unpaired) electrons. The smallest absolute Gasteiger partial charge is 0.272 e. The summed E-state index contributed by atoms with van der Waals surface area (Å²) in [5.74, 6) is 0.789. The van der Waals surface area contributed by atoms with Crippen LogP contribution in [0.1, 0.15) is 80.2 Å². The van der Waals surface area contributed by atoms with Crippen LogP contribution in [0.15, 0.2) is 24.3 Å². The predicted octanol–water partition coefficient (Wildman–Crippen LogP) is 5.91. The maximum atomic E-state index is 15.9. The van der Waals surface area contributed by atoms with Crippen molar-refractivity contribution in [3.8, 4) is 5.75 Å². The highest BCUT2D eigenvalue weighted by molar-refractivity contribution is 5.32. The standard InChI is InChI=1S/C29H43F3N4O2/c1-20(2)23-8-7-22(29(32)12-15-37-16-13-29)25(33-23)18-36(6)14-11-21(3)24-9-10-27(38-19-28(30)31)26(34-24)17-35(4)5/h7-10,20-21,28H,11-19H2,1-6H3. The van der Waals surface area contributed by atoms with Gasteiger partial charge in [-0.1, -0.05) is 26.8 Å². The van der Waals surface area contributed by atoms with E-state index in [0.717, 1.165) is 30.0 Å². The van der Waals surface area contributed by atoms with Gasteiger partial charge in [-0.25, -0.2) is 13.2 Å². The number of alkyl halides is 3. The number of nitrogens with zero attached hydrogens (tertiary/aromatic N) is 4. The second-order valence-corrected chi connectivity index (χ2v) is 11.0. The average molecular weight is 537 g/mol. The fourth-order valence-electron chi connectivity index (χ4n) is 4.71. The van der Waals surface area contributed by atoms with E-state index in [2.05, 4.69) is 25.7 Å². The van der Waals surface area contributed by atoms with E-state index >= 15 is 4.39 Å². The largest absolute Gasteiger partial charge is 0.486 e. The summed E-state index contributed by atoms with van der Waals surface area (Å²) < 4.78 is 52.0. The Morgan fingerprint density at radius 1 is 0.947 bits per heavy atom. The lowest BCUT2D eigenvalue weighted by Gasteiger charge is -2.32. The lowest BCUT2D eigenvalue weighted by atomic mass is 9.86. The zero-order valence-electron chi connectivity index (χ0n) is 23.6. The predicted molar refractivity (Wildman–Crippen MR) is 144 cm³/mol. The van der Waals surface area contributed by atoms with Gasteiger partial charge in [-0.3, -0.25) is 9.97 Å². The number of ether oxygens (including phenoxy) is 2. The van der Waals surface area contributed by atoms with Crippen molar-refractivity contribution in [2.75, 3.05) is 47.5 Å². The van der Waals surface area contributed by atoms with Gasteiger partial charge in [-0.15, -0.1) is 0 Å². The minimum atomic E-state index is -2.54. The average Bonchev–Trinajstić information content (AvgIpc) is 2.86. The van der Waals surface area contributed by atoms with Gasteiger partial charge in [0.1, 0.15) is 18.0 Å². The molecule has 0 aromatic carbocycles. The highest BCUT2D eigenvalue weighted by Gasteiger charge is 2.37. The highest BCUT2D eigenvalue weighted by atomic mass is 19.3. The van der Waals surface area contributed by atoms with Gasteiger partial charge in [0.05, 0.1) is 11.4 Å². The summed E-state index contributed by atoms with van der Waals surface area (Å²) in [6.07, 6.45) is -1.01. The molecule has 0 amide bonds. The third-order valence-electron chi connectivity index (χ3n) is 7.01. The molecule has 1 aliphatic rings. The van der Waals surface area contributed by atoms with Crippen LogP contribution in [0.5, 0.6) is 5.75 Å². The molecule has 0 saturated carbocycles. The monoisotopic (exact) mass is 536 g/mol. The van der Waals surface area contributed by atoms with Crippen LogP contribution in [0, 0.1) is 0 Å². The minimum Gasteiger partial charge on any atom is -0.486 e. The molecule has 1 atom stereocenters. The Bertz CT molecular complexity index is 1030. The molecule has 2 aromatic heterocycles. The Morgan fingerprint density at radius 3 is 2.24 bits per heavy atom. The number of hydrogen-bond donors (Lipinski definition) is 0. The summed E-state index contributed by atoms with van der Waals surface area (Å²) >= 11 is 0. The van der Waals surface area contributed by atoms with Gasteiger partial charge >= 0.3 is 0 Å². The fourth-order valence-corrected chi connectivity index (χ4v) is 4.71. The molecule has 0 spiro atoms. The minimum absolute atomic E-state index is 0.139. The highest BCUT2D eigenvalue weighted by Crippen LogP contribution is 2.38. The number of pyridine rings is 2. The van der Waals surface area contributed by atoms with E-state index in [0.29, 0.717) is 56.2 Å². The molecule has 1 aliphatic heterocycles. The quantitative estimate of drug-likeness (QED) is 0.317. The Labute approximate surface area is 225 Å². The van der Waals surface area contributed by atoms with Crippen molar-refractivity contribution in [2.45, 2.75) is 77.1 Å². The van der Waals surface area contributed by atoms with E-state index in [9.17, 15) is 8.78 Å². The van der Waals surface area contributed by atoms with E-state index in [1.807, 2.05) is 44.2 Å². The van der Waals surface area contributed by atoms with Crippen LogP contribution < -0.4 is 4.74 Å². The van der Waals surface area contributed by atoms with Gasteiger partial charge in [-0.05, 0) is 64.1 Å². The fraction of sp³-hybridized carbons (Fsp3) is 0.655. The third-order valence-corrected chi connectivity index (χ3v) is 7.01. The lowest BCUT2D eigenvalue weighted by Crippen LogP contribution is -2.32. The summed E-state index contributed by atoms with van der Waals surface area (Å²) in [5, 5.41) is 0. The summed E-state index contributed by atoms with van der Waals surface area (Å²) in [6.45, 7) is 8.31. The Balaban J connectivity index is 1.70. The molecule has 0 bridgehead atoms. The molecule has 3 rings (SSSR count). The normalized spacial score (nSPS) is 16.6. The Morgan fingerprint density at radius 2 is 1.61 bits per heavy atom. The number of rotatable bonds is 13. The molecule has 2 aromatic rings. The maximum Gasteiger partial charge on any atom is 0.272 e. The third kappa shape index (κ3) is 8.38. The Kier molecular flexibility index (Phi) is 10.9. The van der Waals surface area contributed by atoms with Gasteiger partial charge in [-0.2, -0.15) is 0 Å². The van der Waals surface area contributed by atoms with E-state index in [4.69, 9.17) is 19.4 Å². The first-order valence-corrected chi connectivity index (χ1v) is 13.5. The number of aromatic nitrogens is 2. The van der Waals surface area contributed by atoms with Crippen molar-refractivity contribution in [3.63, 3.8) is 0 Å². The van der Waals surface area contributed by atoms with Crippen LogP contribution in [0.25, 0.3) is 0 Å². The molecule has 6 nitrogen and oxygen atoms in total. The van der Waals surface area contributed by atoms with Crippen LogP contribution >= 0.6 is 0 Å². The molecule has 3 heterocycles. The number of hydrogen-bond acceptors (Lipinski definition) is 6. The maximum absolute atomic E-state index is 15.9. The number of halogens is 3. The first-order valence-electron chi connectivity index (χ1n) is 13.5. The SMILES string of the molecule is CC(C)c1ccc(C2(F)CCOCC2)c(CN(C)CCC(C)c2ccc(OCC(F)F)c(CN(C)C)n2)n1. The van der Waals surface area contributed by atoms with Crippen molar-refractivity contribution in [2.24, 2.45) is 0 Å². The summed E-state index contributed by atoms with van der Waals surface area (Å²) in [4.78, 5) is 13.8. The Hall–Kier alpha value is -2.23. The first kappa shape index (κ1) is 30.3.